The summed E-state index contributed by atoms with van der Waals surface area (Å²) in [6, 6.07) is 8.56. The van der Waals surface area contributed by atoms with E-state index in [0.29, 0.717) is 6.04 Å². The van der Waals surface area contributed by atoms with Crippen molar-refractivity contribution in [1.82, 2.24) is 0 Å². The normalized spacial score (nSPS) is 32.0. The lowest BCUT2D eigenvalue weighted by molar-refractivity contribution is 0.403. The maximum Gasteiger partial charge on any atom is 0.122 e. The molecule has 0 saturated heterocycles. The Morgan fingerprint density at radius 3 is 2.71 bits per heavy atom. The van der Waals surface area contributed by atoms with Crippen LogP contribution < -0.4 is 10.5 Å². The predicted octanol–water partition coefficient (Wildman–Crippen LogP) is 2.61. The minimum atomic E-state index is 0.321. The van der Waals surface area contributed by atoms with E-state index in [9.17, 15) is 0 Å². The van der Waals surface area contributed by atoms with E-state index in [1.807, 2.05) is 12.1 Å². The van der Waals surface area contributed by atoms with Gasteiger partial charge in [0.1, 0.15) is 5.75 Å². The number of hydrogen-bond acceptors (Lipinski definition) is 2. The van der Waals surface area contributed by atoms with Crippen molar-refractivity contribution in [1.29, 1.82) is 0 Å². The highest BCUT2D eigenvalue weighted by Crippen LogP contribution is 2.58. The Hall–Kier alpha value is -1.02. The minimum Gasteiger partial charge on any atom is -0.496 e. The molecule has 0 spiro atoms. The molecule has 2 aliphatic rings. The molecule has 2 N–H and O–H groups in total. The third kappa shape index (κ3) is 1.95. The highest BCUT2D eigenvalue weighted by Gasteiger charge is 2.54. The molecule has 2 heteroatoms. The zero-order valence-electron chi connectivity index (χ0n) is 10.4. The van der Waals surface area contributed by atoms with Crippen LogP contribution in [0.1, 0.15) is 24.8 Å². The lowest BCUT2D eigenvalue weighted by Crippen LogP contribution is -2.27. The first-order valence-corrected chi connectivity index (χ1v) is 6.68. The second-order valence-electron chi connectivity index (χ2n) is 5.52. The second kappa shape index (κ2) is 4.34. The summed E-state index contributed by atoms with van der Waals surface area (Å²) < 4.78 is 5.38. The van der Waals surface area contributed by atoms with Gasteiger partial charge in [-0.05, 0) is 48.6 Å². The Kier molecular flexibility index (Phi) is 2.83. The largest absolute Gasteiger partial charge is 0.496 e. The van der Waals surface area contributed by atoms with Crippen molar-refractivity contribution in [2.24, 2.45) is 23.5 Å². The molecule has 0 aliphatic heterocycles. The van der Waals surface area contributed by atoms with Crippen LogP contribution >= 0.6 is 0 Å². The first kappa shape index (κ1) is 11.1. The van der Waals surface area contributed by atoms with Gasteiger partial charge in [0, 0.05) is 6.04 Å². The Balaban J connectivity index is 1.66. The Bertz CT molecular complexity index is 394. The molecule has 3 rings (SSSR count). The Morgan fingerprint density at radius 2 is 2.00 bits per heavy atom. The zero-order chi connectivity index (χ0) is 11.8. The molecule has 17 heavy (non-hydrogen) atoms. The van der Waals surface area contributed by atoms with Crippen LogP contribution in [0.15, 0.2) is 24.3 Å². The van der Waals surface area contributed by atoms with Gasteiger partial charge in [-0.2, -0.15) is 0 Å². The number of hydrogen-bond donors (Lipinski definition) is 1. The summed E-state index contributed by atoms with van der Waals surface area (Å²) in [6.45, 7) is 0. The second-order valence-corrected chi connectivity index (χ2v) is 5.52. The number of para-hydroxylation sites is 1. The van der Waals surface area contributed by atoms with Crippen LogP contribution in [0.5, 0.6) is 5.75 Å². The fourth-order valence-electron chi connectivity index (χ4n) is 3.77. The number of ether oxygens (including phenoxy) is 1. The molecular weight excluding hydrogens is 210 g/mol. The van der Waals surface area contributed by atoms with Gasteiger partial charge in [0.05, 0.1) is 7.11 Å². The Labute approximate surface area is 103 Å². The van der Waals surface area contributed by atoms with E-state index in [4.69, 9.17) is 10.5 Å². The molecule has 0 heterocycles. The van der Waals surface area contributed by atoms with Crippen molar-refractivity contribution in [2.75, 3.05) is 7.11 Å². The summed E-state index contributed by atoms with van der Waals surface area (Å²) in [7, 11) is 1.73. The zero-order valence-corrected chi connectivity index (χ0v) is 10.4. The van der Waals surface area contributed by atoms with Crippen molar-refractivity contribution in [3.63, 3.8) is 0 Å². The molecule has 2 nitrogen and oxygen atoms in total. The number of benzene rings is 1. The SMILES string of the molecule is COc1ccccc1CC(N)C1C2CCCC21. The molecule has 1 aromatic rings. The third-order valence-electron chi connectivity index (χ3n) is 4.62. The molecule has 3 atom stereocenters. The molecule has 0 amide bonds. The van der Waals surface area contributed by atoms with E-state index >= 15 is 0 Å². The van der Waals surface area contributed by atoms with E-state index < -0.39 is 0 Å². The standard InChI is InChI=1S/C15H21NO/c1-17-14-8-3-2-5-10(14)9-13(16)15-11-6-4-7-12(11)15/h2-3,5,8,11-13,15H,4,6-7,9,16H2,1H3. The molecule has 0 radical (unpaired) electrons. The Morgan fingerprint density at radius 1 is 1.29 bits per heavy atom. The van der Waals surface area contributed by atoms with E-state index in [0.717, 1.165) is 29.9 Å². The van der Waals surface area contributed by atoms with Gasteiger partial charge in [-0.25, -0.2) is 0 Å². The summed E-state index contributed by atoms with van der Waals surface area (Å²) >= 11 is 0. The van der Waals surface area contributed by atoms with Crippen LogP contribution in [0.2, 0.25) is 0 Å². The maximum atomic E-state index is 6.37. The van der Waals surface area contributed by atoms with Crippen LogP contribution in [-0.4, -0.2) is 13.2 Å². The van der Waals surface area contributed by atoms with Crippen molar-refractivity contribution < 1.29 is 4.74 Å². The summed E-state index contributed by atoms with van der Waals surface area (Å²) in [5.41, 5.74) is 7.63. The molecule has 1 aromatic carbocycles. The molecular formula is C15H21NO. The first-order chi connectivity index (χ1) is 8.31. The van der Waals surface area contributed by atoms with Gasteiger partial charge in [0.15, 0.2) is 0 Å². The monoisotopic (exact) mass is 231 g/mol. The van der Waals surface area contributed by atoms with Gasteiger partial charge in [-0.1, -0.05) is 24.6 Å². The maximum absolute atomic E-state index is 6.37. The fraction of sp³-hybridized carbons (Fsp3) is 0.600. The average molecular weight is 231 g/mol. The smallest absolute Gasteiger partial charge is 0.122 e. The number of nitrogens with two attached hydrogens (primary N) is 1. The van der Waals surface area contributed by atoms with E-state index in [2.05, 4.69) is 12.1 Å². The quantitative estimate of drug-likeness (QED) is 0.864. The third-order valence-corrected chi connectivity index (χ3v) is 4.62. The summed E-state index contributed by atoms with van der Waals surface area (Å²) in [6.07, 6.45) is 5.21. The lowest BCUT2D eigenvalue weighted by Gasteiger charge is -2.15. The van der Waals surface area contributed by atoms with Gasteiger partial charge >= 0.3 is 0 Å². The molecule has 2 fully saturated rings. The van der Waals surface area contributed by atoms with Crippen LogP contribution in [-0.2, 0) is 6.42 Å². The molecule has 0 bridgehead atoms. The fourth-order valence-corrected chi connectivity index (χ4v) is 3.77. The van der Waals surface area contributed by atoms with Gasteiger partial charge in [-0.3, -0.25) is 0 Å². The highest BCUT2D eigenvalue weighted by atomic mass is 16.5. The lowest BCUT2D eigenvalue weighted by atomic mass is 9.97. The molecule has 2 saturated carbocycles. The topological polar surface area (TPSA) is 35.2 Å². The average Bonchev–Trinajstić information content (AvgIpc) is 2.84. The number of rotatable bonds is 4. The minimum absolute atomic E-state index is 0.321. The van der Waals surface area contributed by atoms with Crippen LogP contribution in [0.4, 0.5) is 0 Å². The van der Waals surface area contributed by atoms with E-state index in [1.165, 1.54) is 24.8 Å². The van der Waals surface area contributed by atoms with E-state index in [-0.39, 0.29) is 0 Å². The first-order valence-electron chi connectivity index (χ1n) is 6.68. The van der Waals surface area contributed by atoms with Crippen molar-refractivity contribution in [3.05, 3.63) is 29.8 Å². The number of methoxy groups -OCH3 is 1. The summed E-state index contributed by atoms with van der Waals surface area (Å²) in [4.78, 5) is 0. The molecule has 3 unspecified atom stereocenters. The summed E-state index contributed by atoms with van der Waals surface area (Å²) in [5.74, 6) is 3.65. The van der Waals surface area contributed by atoms with Crippen molar-refractivity contribution in [2.45, 2.75) is 31.7 Å². The number of fused-ring (bicyclic) bond motifs is 1. The summed E-state index contributed by atoms with van der Waals surface area (Å²) in [5, 5.41) is 0. The molecule has 92 valence electrons. The van der Waals surface area contributed by atoms with Crippen LogP contribution in [0, 0.1) is 17.8 Å². The van der Waals surface area contributed by atoms with Gasteiger partial charge in [0.25, 0.3) is 0 Å². The molecule has 0 aromatic heterocycles. The molecule has 2 aliphatic carbocycles. The van der Waals surface area contributed by atoms with Crippen LogP contribution in [0.25, 0.3) is 0 Å². The predicted molar refractivity (Wildman–Crippen MR) is 69.0 cm³/mol. The van der Waals surface area contributed by atoms with Crippen molar-refractivity contribution >= 4 is 0 Å². The van der Waals surface area contributed by atoms with Gasteiger partial charge < -0.3 is 10.5 Å². The highest BCUT2D eigenvalue weighted by molar-refractivity contribution is 5.34. The van der Waals surface area contributed by atoms with E-state index in [1.54, 1.807) is 7.11 Å². The van der Waals surface area contributed by atoms with Gasteiger partial charge in [0.2, 0.25) is 0 Å². The van der Waals surface area contributed by atoms with Gasteiger partial charge in [-0.15, -0.1) is 0 Å². The van der Waals surface area contributed by atoms with Crippen LogP contribution in [0.3, 0.4) is 0 Å². The van der Waals surface area contributed by atoms with Crippen molar-refractivity contribution in [3.8, 4) is 5.75 Å².